The van der Waals surface area contributed by atoms with Gasteiger partial charge in [0, 0.05) is 21.6 Å². The summed E-state index contributed by atoms with van der Waals surface area (Å²) in [5.41, 5.74) is 4.49. The Balaban J connectivity index is 1.51. The normalized spacial score (nSPS) is 10.8. The summed E-state index contributed by atoms with van der Waals surface area (Å²) in [6, 6.07) is 13.6. The molecule has 140 valence electrons. The zero-order chi connectivity index (χ0) is 19.7. The second kappa shape index (κ2) is 7.40. The van der Waals surface area contributed by atoms with Crippen molar-refractivity contribution < 1.29 is 13.9 Å². The molecule has 0 radical (unpaired) electrons. The van der Waals surface area contributed by atoms with Crippen molar-refractivity contribution in [2.45, 2.75) is 6.92 Å². The third-order valence-corrected chi connectivity index (χ3v) is 4.58. The summed E-state index contributed by atoms with van der Waals surface area (Å²) in [4.78, 5) is 20.7. The second-order valence-corrected chi connectivity index (χ2v) is 6.96. The first-order chi connectivity index (χ1) is 13.5. The number of hydrogen-bond donors (Lipinski definition) is 1. The van der Waals surface area contributed by atoms with Crippen LogP contribution < -0.4 is 10.2 Å². The van der Waals surface area contributed by atoms with E-state index in [0.717, 1.165) is 15.4 Å². The van der Waals surface area contributed by atoms with Gasteiger partial charge in [0.1, 0.15) is 5.82 Å². The number of nitrogens with one attached hydrogen (secondary N) is 1. The van der Waals surface area contributed by atoms with E-state index in [0.29, 0.717) is 17.1 Å². The lowest BCUT2D eigenvalue weighted by Crippen LogP contribution is -2.25. The van der Waals surface area contributed by atoms with Gasteiger partial charge in [-0.05, 0) is 43.3 Å². The third-order valence-electron chi connectivity index (χ3n) is 4.08. The molecule has 4 aromatic rings. The lowest BCUT2D eigenvalue weighted by molar-refractivity contribution is 0.211. The smallest absolute Gasteiger partial charge is 0.406 e. The quantitative estimate of drug-likeness (QED) is 0.483. The molecule has 8 heteroatoms. The SMILES string of the molecule is Cc1nc(-c2cccc(F)c2)ncc1OC(=O)Nn1ccc2cc(Br)ccc21. The van der Waals surface area contributed by atoms with E-state index in [1.165, 1.54) is 18.3 Å². The number of aryl methyl sites for hydroxylation is 1. The van der Waals surface area contributed by atoms with E-state index in [1.807, 2.05) is 24.3 Å². The van der Waals surface area contributed by atoms with Gasteiger partial charge in [0.05, 0.1) is 17.4 Å². The summed E-state index contributed by atoms with van der Waals surface area (Å²) in [6.45, 7) is 1.69. The molecule has 2 heterocycles. The van der Waals surface area contributed by atoms with Crippen LogP contribution >= 0.6 is 15.9 Å². The van der Waals surface area contributed by atoms with Gasteiger partial charge in [0.2, 0.25) is 0 Å². The van der Waals surface area contributed by atoms with Crippen LogP contribution in [-0.4, -0.2) is 20.7 Å². The van der Waals surface area contributed by atoms with Gasteiger partial charge in [-0.2, -0.15) is 0 Å². The average molecular weight is 441 g/mol. The minimum absolute atomic E-state index is 0.219. The van der Waals surface area contributed by atoms with Gasteiger partial charge in [-0.3, -0.25) is 4.68 Å². The molecule has 2 aromatic heterocycles. The van der Waals surface area contributed by atoms with E-state index in [2.05, 4.69) is 31.3 Å². The number of nitrogens with zero attached hydrogens (tertiary/aromatic N) is 3. The number of rotatable bonds is 3. The molecule has 6 nitrogen and oxygen atoms in total. The van der Waals surface area contributed by atoms with Crippen molar-refractivity contribution in [1.82, 2.24) is 14.6 Å². The minimum atomic E-state index is -0.675. The van der Waals surface area contributed by atoms with E-state index < -0.39 is 6.09 Å². The van der Waals surface area contributed by atoms with Crippen LogP contribution in [0.5, 0.6) is 5.75 Å². The van der Waals surface area contributed by atoms with Crippen molar-refractivity contribution in [3.8, 4) is 17.1 Å². The maximum atomic E-state index is 13.4. The van der Waals surface area contributed by atoms with Gasteiger partial charge >= 0.3 is 6.09 Å². The van der Waals surface area contributed by atoms with Gasteiger partial charge in [-0.15, -0.1) is 0 Å². The van der Waals surface area contributed by atoms with Crippen LogP contribution in [0.1, 0.15) is 5.69 Å². The Morgan fingerprint density at radius 1 is 1.21 bits per heavy atom. The molecule has 0 spiro atoms. The molecular formula is C20H14BrFN4O2. The molecule has 1 N–H and O–H groups in total. The van der Waals surface area contributed by atoms with Crippen LogP contribution in [0.15, 0.2) is 65.4 Å². The van der Waals surface area contributed by atoms with Crippen molar-refractivity contribution in [3.63, 3.8) is 0 Å². The predicted molar refractivity (Wildman–Crippen MR) is 107 cm³/mol. The third kappa shape index (κ3) is 3.72. The molecule has 0 saturated carbocycles. The van der Waals surface area contributed by atoms with Crippen molar-refractivity contribution in [1.29, 1.82) is 0 Å². The Kier molecular flexibility index (Phi) is 4.79. The number of carbonyl (C=O) groups excluding carboxylic acids is 1. The van der Waals surface area contributed by atoms with E-state index in [1.54, 1.807) is 29.9 Å². The molecule has 2 aromatic carbocycles. The molecule has 28 heavy (non-hydrogen) atoms. The monoisotopic (exact) mass is 440 g/mol. The zero-order valence-electron chi connectivity index (χ0n) is 14.7. The number of aromatic nitrogens is 3. The molecule has 0 saturated heterocycles. The van der Waals surface area contributed by atoms with Crippen LogP contribution in [-0.2, 0) is 0 Å². The maximum Gasteiger partial charge on any atom is 0.432 e. The van der Waals surface area contributed by atoms with Crippen molar-refractivity contribution in [2.24, 2.45) is 0 Å². The van der Waals surface area contributed by atoms with Crippen LogP contribution in [0, 0.1) is 12.7 Å². The number of hydrogen-bond acceptors (Lipinski definition) is 4. The summed E-state index contributed by atoms with van der Waals surface area (Å²) < 4.78 is 21.2. The number of amides is 1. The molecule has 4 rings (SSSR count). The zero-order valence-corrected chi connectivity index (χ0v) is 16.3. The van der Waals surface area contributed by atoms with Crippen molar-refractivity contribution >= 4 is 32.9 Å². The van der Waals surface area contributed by atoms with Crippen LogP contribution in [0.4, 0.5) is 9.18 Å². The fourth-order valence-electron chi connectivity index (χ4n) is 2.75. The Morgan fingerprint density at radius 3 is 2.86 bits per heavy atom. The topological polar surface area (TPSA) is 69.0 Å². The highest BCUT2D eigenvalue weighted by Gasteiger charge is 2.12. The number of benzene rings is 2. The average Bonchev–Trinajstić information content (AvgIpc) is 3.05. The predicted octanol–water partition coefficient (Wildman–Crippen LogP) is 5.05. The molecule has 0 unspecified atom stereocenters. The molecule has 0 aliphatic carbocycles. The fraction of sp³-hybridized carbons (Fsp3) is 0.0500. The molecule has 0 aliphatic heterocycles. The number of fused-ring (bicyclic) bond motifs is 1. The molecule has 0 bridgehead atoms. The molecule has 0 atom stereocenters. The lowest BCUT2D eigenvalue weighted by Gasteiger charge is -2.10. The van der Waals surface area contributed by atoms with Crippen LogP contribution in [0.3, 0.4) is 0 Å². The summed E-state index contributed by atoms with van der Waals surface area (Å²) in [5.74, 6) is 0.202. The highest BCUT2D eigenvalue weighted by atomic mass is 79.9. The van der Waals surface area contributed by atoms with Gasteiger partial charge < -0.3 is 4.74 Å². The van der Waals surface area contributed by atoms with E-state index in [4.69, 9.17) is 4.74 Å². The summed E-state index contributed by atoms with van der Waals surface area (Å²) in [7, 11) is 0. The van der Waals surface area contributed by atoms with E-state index in [9.17, 15) is 9.18 Å². The first kappa shape index (κ1) is 18.1. The van der Waals surface area contributed by atoms with Crippen LogP contribution in [0.2, 0.25) is 0 Å². The standard InChI is InChI=1S/C20H14BrFN4O2/c1-12-18(11-23-19(24-12)14-3-2-4-16(22)10-14)28-20(27)25-26-8-7-13-9-15(21)5-6-17(13)26/h2-11H,1H3,(H,25,27). The van der Waals surface area contributed by atoms with Gasteiger partial charge in [-0.1, -0.05) is 28.1 Å². The summed E-state index contributed by atoms with van der Waals surface area (Å²) >= 11 is 3.42. The lowest BCUT2D eigenvalue weighted by atomic mass is 10.2. The number of carbonyl (C=O) groups is 1. The Bertz CT molecular complexity index is 1190. The largest absolute Gasteiger partial charge is 0.432 e. The Hall–Kier alpha value is -3.26. The number of ether oxygens (including phenoxy) is 1. The summed E-state index contributed by atoms with van der Waals surface area (Å²) in [6.07, 6.45) is 2.45. The Labute approximate surface area is 168 Å². The maximum absolute atomic E-state index is 13.4. The van der Waals surface area contributed by atoms with Crippen LogP contribution in [0.25, 0.3) is 22.3 Å². The first-order valence-electron chi connectivity index (χ1n) is 8.34. The molecular weight excluding hydrogens is 427 g/mol. The second-order valence-electron chi connectivity index (χ2n) is 6.04. The molecule has 0 aliphatic rings. The van der Waals surface area contributed by atoms with Gasteiger partial charge in [-0.25, -0.2) is 24.6 Å². The van der Waals surface area contributed by atoms with Gasteiger partial charge in [0.15, 0.2) is 11.6 Å². The highest BCUT2D eigenvalue weighted by Crippen LogP contribution is 2.22. The highest BCUT2D eigenvalue weighted by molar-refractivity contribution is 9.10. The first-order valence-corrected chi connectivity index (χ1v) is 9.14. The summed E-state index contributed by atoms with van der Waals surface area (Å²) in [5, 5.41) is 0.966. The van der Waals surface area contributed by atoms with Gasteiger partial charge in [0.25, 0.3) is 0 Å². The van der Waals surface area contributed by atoms with E-state index >= 15 is 0 Å². The minimum Gasteiger partial charge on any atom is -0.406 e. The Morgan fingerprint density at radius 2 is 2.07 bits per heavy atom. The molecule has 1 amide bonds. The van der Waals surface area contributed by atoms with Crippen molar-refractivity contribution in [2.75, 3.05) is 5.43 Å². The fourth-order valence-corrected chi connectivity index (χ4v) is 3.13. The molecule has 0 fully saturated rings. The number of halogens is 2. The van der Waals surface area contributed by atoms with E-state index in [-0.39, 0.29) is 11.6 Å². The van der Waals surface area contributed by atoms with Crippen molar-refractivity contribution in [3.05, 3.63) is 76.9 Å².